The third kappa shape index (κ3) is 5.19. The molecular formula is C20H22Cl2N2O6. The molecule has 1 amide bonds. The van der Waals surface area contributed by atoms with Gasteiger partial charge in [-0.25, -0.2) is 4.79 Å². The second-order valence-corrected chi connectivity index (χ2v) is 7.20. The number of methoxy groups -OCH3 is 1. The highest BCUT2D eigenvalue weighted by Gasteiger charge is 2.44. The van der Waals surface area contributed by atoms with Crippen molar-refractivity contribution in [3.63, 3.8) is 0 Å². The predicted octanol–water partition coefficient (Wildman–Crippen LogP) is 2.66. The van der Waals surface area contributed by atoms with Crippen molar-refractivity contribution in [3.05, 3.63) is 45.1 Å². The van der Waals surface area contributed by atoms with Crippen molar-refractivity contribution in [2.24, 2.45) is 16.6 Å². The first-order valence-corrected chi connectivity index (χ1v) is 9.81. The summed E-state index contributed by atoms with van der Waals surface area (Å²) < 4.78 is 15.5. The average molecular weight is 457 g/mol. The molecule has 1 aliphatic heterocycles. The number of benzene rings is 1. The van der Waals surface area contributed by atoms with Gasteiger partial charge in [-0.15, -0.1) is 0 Å². The van der Waals surface area contributed by atoms with E-state index in [4.69, 9.17) is 43.1 Å². The number of ether oxygens (including phenoxy) is 3. The third-order valence-corrected chi connectivity index (χ3v) is 5.30. The van der Waals surface area contributed by atoms with Crippen LogP contribution in [0.2, 0.25) is 10.0 Å². The van der Waals surface area contributed by atoms with Gasteiger partial charge in [0, 0.05) is 11.6 Å². The Balaban J connectivity index is 2.71. The molecule has 1 heterocycles. The SMILES string of the molecule is CCOC(=O)C1=C(COCC(N)=O)N=C(C)C(C(=O)OC)C1c1cccc(Cl)c1Cl. The van der Waals surface area contributed by atoms with E-state index in [2.05, 4.69) is 4.99 Å². The van der Waals surface area contributed by atoms with E-state index in [9.17, 15) is 14.4 Å². The molecule has 0 aliphatic carbocycles. The summed E-state index contributed by atoms with van der Waals surface area (Å²) in [6, 6.07) is 4.91. The minimum Gasteiger partial charge on any atom is -0.468 e. The summed E-state index contributed by atoms with van der Waals surface area (Å²) in [7, 11) is 1.24. The zero-order valence-electron chi connectivity index (χ0n) is 16.7. The standard InChI is InChI=1S/C20H22Cl2N2O6/c1-4-30-20(27)17-13(8-29-9-14(23)25)24-10(2)15(19(26)28-3)16(17)11-6-5-7-12(21)18(11)22/h5-7,15-16H,4,8-9H2,1-3H3,(H2,23,25). The highest BCUT2D eigenvalue weighted by molar-refractivity contribution is 6.42. The lowest BCUT2D eigenvalue weighted by Crippen LogP contribution is -2.37. The Bertz CT molecular complexity index is 913. The fourth-order valence-corrected chi connectivity index (χ4v) is 3.70. The molecule has 1 aromatic carbocycles. The molecule has 2 unspecified atom stereocenters. The molecule has 0 saturated carbocycles. The molecule has 0 spiro atoms. The van der Waals surface area contributed by atoms with Crippen LogP contribution < -0.4 is 5.73 Å². The van der Waals surface area contributed by atoms with Gasteiger partial charge in [-0.2, -0.15) is 0 Å². The maximum Gasteiger partial charge on any atom is 0.336 e. The van der Waals surface area contributed by atoms with E-state index in [0.29, 0.717) is 11.3 Å². The first-order chi connectivity index (χ1) is 14.2. The van der Waals surface area contributed by atoms with Gasteiger partial charge in [-0.1, -0.05) is 35.3 Å². The topological polar surface area (TPSA) is 117 Å². The van der Waals surface area contributed by atoms with Gasteiger partial charge in [0.25, 0.3) is 0 Å². The van der Waals surface area contributed by atoms with E-state index in [1.165, 1.54) is 7.11 Å². The summed E-state index contributed by atoms with van der Waals surface area (Å²) in [5, 5.41) is 0.444. The number of primary amides is 1. The number of carbonyl (C=O) groups excluding carboxylic acids is 3. The smallest absolute Gasteiger partial charge is 0.336 e. The van der Waals surface area contributed by atoms with Crippen LogP contribution in [-0.2, 0) is 28.6 Å². The van der Waals surface area contributed by atoms with Crippen molar-refractivity contribution in [2.75, 3.05) is 26.9 Å². The van der Waals surface area contributed by atoms with Crippen LogP contribution in [0.5, 0.6) is 0 Å². The number of hydrogen-bond acceptors (Lipinski definition) is 7. The van der Waals surface area contributed by atoms with Crippen LogP contribution in [0, 0.1) is 5.92 Å². The van der Waals surface area contributed by atoms with Gasteiger partial charge in [-0.05, 0) is 25.5 Å². The largest absolute Gasteiger partial charge is 0.468 e. The minimum atomic E-state index is -0.940. The molecular weight excluding hydrogens is 435 g/mol. The summed E-state index contributed by atoms with van der Waals surface area (Å²) in [4.78, 5) is 41.0. The van der Waals surface area contributed by atoms with Crippen molar-refractivity contribution in [3.8, 4) is 0 Å². The Hall–Kier alpha value is -2.42. The number of nitrogens with two attached hydrogens (primary N) is 1. The quantitative estimate of drug-likeness (QED) is 0.600. The normalized spacial score (nSPS) is 18.6. The lowest BCUT2D eigenvalue weighted by Gasteiger charge is -2.32. The van der Waals surface area contributed by atoms with Gasteiger partial charge >= 0.3 is 11.9 Å². The zero-order valence-corrected chi connectivity index (χ0v) is 18.2. The number of esters is 2. The van der Waals surface area contributed by atoms with Gasteiger partial charge in [0.2, 0.25) is 5.91 Å². The first-order valence-electron chi connectivity index (χ1n) is 9.06. The molecule has 2 atom stereocenters. The predicted molar refractivity (Wildman–Crippen MR) is 111 cm³/mol. The molecule has 0 radical (unpaired) electrons. The second kappa shape index (κ2) is 10.6. The van der Waals surface area contributed by atoms with Crippen LogP contribution in [-0.4, -0.2) is 50.5 Å². The van der Waals surface area contributed by atoms with Crippen LogP contribution in [0.15, 0.2) is 34.5 Å². The lowest BCUT2D eigenvalue weighted by molar-refractivity contribution is -0.144. The summed E-state index contributed by atoms with van der Waals surface area (Å²) in [6.45, 7) is 2.81. The van der Waals surface area contributed by atoms with Gasteiger partial charge in [0.1, 0.15) is 12.5 Å². The van der Waals surface area contributed by atoms with Crippen LogP contribution >= 0.6 is 23.2 Å². The van der Waals surface area contributed by atoms with Crippen molar-refractivity contribution in [1.82, 2.24) is 0 Å². The molecule has 30 heavy (non-hydrogen) atoms. The van der Waals surface area contributed by atoms with Crippen LogP contribution in [0.4, 0.5) is 0 Å². The fourth-order valence-electron chi connectivity index (χ4n) is 3.27. The highest BCUT2D eigenvalue weighted by Crippen LogP contribution is 2.44. The molecule has 0 bridgehead atoms. The Morgan fingerprint density at radius 2 is 1.93 bits per heavy atom. The molecule has 0 aromatic heterocycles. The van der Waals surface area contributed by atoms with Crippen molar-refractivity contribution < 1.29 is 28.6 Å². The van der Waals surface area contributed by atoms with E-state index in [1.54, 1.807) is 32.0 Å². The van der Waals surface area contributed by atoms with E-state index in [-0.39, 0.29) is 41.1 Å². The van der Waals surface area contributed by atoms with Crippen molar-refractivity contribution in [1.29, 1.82) is 0 Å². The average Bonchev–Trinajstić information content (AvgIpc) is 2.69. The summed E-state index contributed by atoms with van der Waals surface area (Å²) >= 11 is 12.6. The highest BCUT2D eigenvalue weighted by atomic mass is 35.5. The van der Waals surface area contributed by atoms with Crippen LogP contribution in [0.25, 0.3) is 0 Å². The maximum atomic E-state index is 12.9. The molecule has 162 valence electrons. The first kappa shape index (κ1) is 23.9. The Morgan fingerprint density at radius 3 is 2.53 bits per heavy atom. The van der Waals surface area contributed by atoms with Crippen molar-refractivity contribution in [2.45, 2.75) is 19.8 Å². The van der Waals surface area contributed by atoms with E-state index < -0.39 is 29.7 Å². The maximum absolute atomic E-state index is 12.9. The molecule has 2 rings (SSSR count). The number of halogens is 2. The number of amides is 1. The van der Waals surface area contributed by atoms with Crippen LogP contribution in [0.1, 0.15) is 25.3 Å². The van der Waals surface area contributed by atoms with Gasteiger partial charge in [0.15, 0.2) is 0 Å². The molecule has 1 aromatic rings. The van der Waals surface area contributed by atoms with E-state index in [0.717, 1.165) is 0 Å². The monoisotopic (exact) mass is 456 g/mol. The van der Waals surface area contributed by atoms with Gasteiger partial charge in [0.05, 0.1) is 41.6 Å². The summed E-state index contributed by atoms with van der Waals surface area (Å²) in [5.74, 6) is -3.79. The molecule has 10 heteroatoms. The minimum absolute atomic E-state index is 0.0755. The van der Waals surface area contributed by atoms with Gasteiger partial charge < -0.3 is 19.9 Å². The number of nitrogens with zero attached hydrogens (tertiary/aromatic N) is 1. The van der Waals surface area contributed by atoms with Crippen molar-refractivity contribution >= 4 is 46.8 Å². The molecule has 0 fully saturated rings. The molecule has 0 saturated heterocycles. The van der Waals surface area contributed by atoms with Gasteiger partial charge in [-0.3, -0.25) is 14.6 Å². The molecule has 1 aliphatic rings. The Morgan fingerprint density at radius 1 is 1.23 bits per heavy atom. The van der Waals surface area contributed by atoms with E-state index in [1.807, 2.05) is 0 Å². The summed E-state index contributed by atoms with van der Waals surface area (Å²) in [6.07, 6.45) is 0. The lowest BCUT2D eigenvalue weighted by atomic mass is 9.75. The third-order valence-electron chi connectivity index (χ3n) is 4.47. The number of hydrogen-bond donors (Lipinski definition) is 1. The second-order valence-electron chi connectivity index (χ2n) is 6.41. The number of carbonyl (C=O) groups is 3. The van der Waals surface area contributed by atoms with E-state index >= 15 is 0 Å². The number of aliphatic imine (C=N–C) groups is 1. The summed E-state index contributed by atoms with van der Waals surface area (Å²) in [5.41, 5.74) is 6.21. The Kier molecular flexibility index (Phi) is 8.40. The van der Waals surface area contributed by atoms with Crippen LogP contribution in [0.3, 0.4) is 0 Å². The fraction of sp³-hybridized carbons (Fsp3) is 0.400. The zero-order chi connectivity index (χ0) is 22.4. The number of rotatable bonds is 8. The Labute approximate surface area is 184 Å². The molecule has 8 nitrogen and oxygen atoms in total. The molecule has 2 N–H and O–H groups in total.